The van der Waals surface area contributed by atoms with Gasteiger partial charge in [-0.15, -0.1) is 0 Å². The van der Waals surface area contributed by atoms with Crippen LogP contribution >= 0.6 is 0 Å². The number of amides is 1. The average Bonchev–Trinajstić information content (AvgIpc) is 2.79. The summed E-state index contributed by atoms with van der Waals surface area (Å²) in [5.74, 6) is 0.551. The van der Waals surface area contributed by atoms with E-state index in [1.165, 1.54) is 0 Å². The molecule has 1 amide bonds. The molecule has 1 saturated heterocycles. The molecule has 90 valence electrons. The molecule has 1 fully saturated rings. The van der Waals surface area contributed by atoms with Crippen molar-refractivity contribution in [2.75, 3.05) is 13.1 Å². The van der Waals surface area contributed by atoms with Crippen molar-refractivity contribution in [1.82, 2.24) is 14.9 Å². The molecule has 1 aliphatic rings. The van der Waals surface area contributed by atoms with Gasteiger partial charge in [0.15, 0.2) is 0 Å². The van der Waals surface area contributed by atoms with Gasteiger partial charge in [0.25, 0.3) is 0 Å². The molecule has 1 aliphatic heterocycles. The molecule has 2 heterocycles. The first kappa shape index (κ1) is 11.6. The van der Waals surface area contributed by atoms with Crippen molar-refractivity contribution in [3.05, 3.63) is 30.7 Å². The van der Waals surface area contributed by atoms with Gasteiger partial charge in [0.1, 0.15) is 6.10 Å². The lowest BCUT2D eigenvalue weighted by Crippen LogP contribution is -2.29. The van der Waals surface area contributed by atoms with Crippen molar-refractivity contribution in [3.8, 4) is 5.88 Å². The number of allylic oxidation sites excluding steroid dienone is 1. The second kappa shape index (κ2) is 5.43. The molecular formula is C12H15N3O2. The van der Waals surface area contributed by atoms with Gasteiger partial charge in [0, 0.05) is 25.4 Å². The summed E-state index contributed by atoms with van der Waals surface area (Å²) in [6, 6.07) is 0. The van der Waals surface area contributed by atoms with Gasteiger partial charge in [-0.25, -0.2) is 4.98 Å². The van der Waals surface area contributed by atoms with E-state index in [1.807, 2.05) is 6.92 Å². The zero-order chi connectivity index (χ0) is 12.1. The second-order valence-corrected chi connectivity index (χ2v) is 3.86. The fraction of sp³-hybridized carbons (Fsp3) is 0.417. The average molecular weight is 233 g/mol. The van der Waals surface area contributed by atoms with Crippen LogP contribution in [0.1, 0.15) is 13.3 Å². The lowest BCUT2D eigenvalue weighted by molar-refractivity contribution is -0.125. The Labute approximate surface area is 100 Å². The van der Waals surface area contributed by atoms with Crippen LogP contribution in [0.3, 0.4) is 0 Å². The van der Waals surface area contributed by atoms with Gasteiger partial charge in [-0.3, -0.25) is 9.78 Å². The number of carbonyl (C=O) groups is 1. The van der Waals surface area contributed by atoms with Crippen molar-refractivity contribution in [2.45, 2.75) is 19.4 Å². The smallest absolute Gasteiger partial charge is 0.246 e. The number of rotatable bonds is 3. The van der Waals surface area contributed by atoms with Crippen molar-refractivity contribution in [3.63, 3.8) is 0 Å². The fourth-order valence-corrected chi connectivity index (χ4v) is 1.79. The molecule has 1 atom stereocenters. The Bertz CT molecular complexity index is 405. The Morgan fingerprint density at radius 2 is 2.47 bits per heavy atom. The van der Waals surface area contributed by atoms with Gasteiger partial charge in [-0.2, -0.15) is 0 Å². The molecular weight excluding hydrogens is 218 g/mol. The fourth-order valence-electron chi connectivity index (χ4n) is 1.79. The lowest BCUT2D eigenvalue weighted by Gasteiger charge is -2.14. The third kappa shape index (κ3) is 3.03. The van der Waals surface area contributed by atoms with E-state index in [0.29, 0.717) is 12.4 Å². The first-order valence-electron chi connectivity index (χ1n) is 5.64. The van der Waals surface area contributed by atoms with Crippen molar-refractivity contribution in [1.29, 1.82) is 0 Å². The highest BCUT2D eigenvalue weighted by molar-refractivity contribution is 5.87. The zero-order valence-corrected chi connectivity index (χ0v) is 9.74. The predicted octanol–water partition coefficient (Wildman–Crippen LogP) is 1.03. The molecule has 1 unspecified atom stereocenters. The van der Waals surface area contributed by atoms with Crippen LogP contribution in [0, 0.1) is 0 Å². The highest BCUT2D eigenvalue weighted by Gasteiger charge is 2.26. The molecule has 1 aromatic heterocycles. The molecule has 0 aliphatic carbocycles. The van der Waals surface area contributed by atoms with E-state index >= 15 is 0 Å². The van der Waals surface area contributed by atoms with Crippen LogP contribution in [0.2, 0.25) is 0 Å². The monoisotopic (exact) mass is 233 g/mol. The first-order chi connectivity index (χ1) is 8.29. The van der Waals surface area contributed by atoms with Gasteiger partial charge < -0.3 is 9.64 Å². The predicted molar refractivity (Wildman–Crippen MR) is 62.5 cm³/mol. The third-order valence-electron chi connectivity index (χ3n) is 2.59. The SMILES string of the molecule is C/C=C/C(=O)N1CCC(Oc2cnccn2)C1. The van der Waals surface area contributed by atoms with E-state index in [9.17, 15) is 4.79 Å². The molecule has 0 radical (unpaired) electrons. The maximum absolute atomic E-state index is 11.6. The number of hydrogen-bond donors (Lipinski definition) is 0. The van der Waals surface area contributed by atoms with Crippen molar-refractivity contribution >= 4 is 5.91 Å². The molecule has 0 bridgehead atoms. The van der Waals surface area contributed by atoms with Crippen LogP contribution in [0.4, 0.5) is 0 Å². The topological polar surface area (TPSA) is 55.3 Å². The minimum absolute atomic E-state index is 0.0147. The van der Waals surface area contributed by atoms with Crippen molar-refractivity contribution < 1.29 is 9.53 Å². The highest BCUT2D eigenvalue weighted by atomic mass is 16.5. The molecule has 0 aromatic carbocycles. The Balaban J connectivity index is 1.88. The largest absolute Gasteiger partial charge is 0.471 e. The van der Waals surface area contributed by atoms with Crippen LogP contribution in [0.5, 0.6) is 5.88 Å². The molecule has 1 aromatic rings. The summed E-state index contributed by atoms with van der Waals surface area (Å²) in [6.45, 7) is 3.18. The van der Waals surface area contributed by atoms with Crippen molar-refractivity contribution in [2.24, 2.45) is 0 Å². The summed E-state index contributed by atoms with van der Waals surface area (Å²) in [7, 11) is 0. The summed E-state index contributed by atoms with van der Waals surface area (Å²) >= 11 is 0. The van der Waals surface area contributed by atoms with Gasteiger partial charge in [-0.05, 0) is 13.0 Å². The summed E-state index contributed by atoms with van der Waals surface area (Å²) in [5, 5.41) is 0. The van der Waals surface area contributed by atoms with Gasteiger partial charge in [0.05, 0.1) is 12.7 Å². The Morgan fingerprint density at radius 1 is 1.59 bits per heavy atom. The van der Waals surface area contributed by atoms with E-state index in [4.69, 9.17) is 4.74 Å². The summed E-state index contributed by atoms with van der Waals surface area (Å²) in [5.41, 5.74) is 0. The van der Waals surface area contributed by atoms with E-state index in [0.717, 1.165) is 13.0 Å². The maximum Gasteiger partial charge on any atom is 0.246 e. The summed E-state index contributed by atoms with van der Waals surface area (Å²) in [4.78, 5) is 21.4. The van der Waals surface area contributed by atoms with Gasteiger partial charge in [-0.1, -0.05) is 6.08 Å². The highest BCUT2D eigenvalue weighted by Crippen LogP contribution is 2.15. The summed E-state index contributed by atoms with van der Waals surface area (Å²) in [6.07, 6.45) is 8.94. The number of hydrogen-bond acceptors (Lipinski definition) is 4. The van der Waals surface area contributed by atoms with E-state index in [-0.39, 0.29) is 12.0 Å². The van der Waals surface area contributed by atoms with E-state index in [2.05, 4.69) is 9.97 Å². The standard InChI is InChI=1S/C12H15N3O2/c1-2-3-12(16)15-7-4-10(9-15)17-11-8-13-5-6-14-11/h2-3,5-6,8,10H,4,7,9H2,1H3/b3-2+. The van der Waals surface area contributed by atoms with Gasteiger partial charge in [0.2, 0.25) is 11.8 Å². The maximum atomic E-state index is 11.6. The quantitative estimate of drug-likeness (QED) is 0.732. The van der Waals surface area contributed by atoms with E-state index in [1.54, 1.807) is 35.6 Å². The number of aromatic nitrogens is 2. The first-order valence-corrected chi connectivity index (χ1v) is 5.64. The second-order valence-electron chi connectivity index (χ2n) is 3.86. The number of carbonyl (C=O) groups excluding carboxylic acids is 1. The molecule has 5 heteroatoms. The zero-order valence-electron chi connectivity index (χ0n) is 9.74. The van der Waals surface area contributed by atoms with E-state index < -0.39 is 0 Å². The van der Waals surface area contributed by atoms with Crippen LogP contribution < -0.4 is 4.74 Å². The minimum atomic E-state index is 0.0147. The Hall–Kier alpha value is -1.91. The Kier molecular flexibility index (Phi) is 3.69. The minimum Gasteiger partial charge on any atom is -0.471 e. The normalized spacial score (nSPS) is 19.8. The molecule has 0 spiro atoms. The molecule has 5 nitrogen and oxygen atoms in total. The van der Waals surface area contributed by atoms with Crippen LogP contribution in [0.25, 0.3) is 0 Å². The number of nitrogens with zero attached hydrogens (tertiary/aromatic N) is 3. The van der Waals surface area contributed by atoms with Crippen LogP contribution in [-0.2, 0) is 4.79 Å². The molecule has 17 heavy (non-hydrogen) atoms. The van der Waals surface area contributed by atoms with Crippen LogP contribution in [0.15, 0.2) is 30.7 Å². The summed E-state index contributed by atoms with van der Waals surface area (Å²) < 4.78 is 5.64. The molecule has 0 saturated carbocycles. The lowest BCUT2D eigenvalue weighted by atomic mass is 10.3. The third-order valence-corrected chi connectivity index (χ3v) is 2.59. The van der Waals surface area contributed by atoms with Gasteiger partial charge >= 0.3 is 0 Å². The number of ether oxygens (including phenoxy) is 1. The Morgan fingerprint density at radius 3 is 3.18 bits per heavy atom. The van der Waals surface area contributed by atoms with Crippen LogP contribution in [-0.4, -0.2) is 40.0 Å². The molecule has 2 rings (SSSR count). The molecule has 0 N–H and O–H groups in total. The number of likely N-dealkylation sites (tertiary alicyclic amines) is 1.